The number of hydrogen-bond donors (Lipinski definition) is 1. The molecule has 0 aliphatic heterocycles. The monoisotopic (exact) mass is 339 g/mol. The molecular weight excluding hydrogens is 322 g/mol. The van der Waals surface area contributed by atoms with Gasteiger partial charge in [0.25, 0.3) is 0 Å². The molecule has 1 aromatic carbocycles. The van der Waals surface area contributed by atoms with E-state index in [2.05, 4.69) is 39.5 Å². The molecule has 2 nitrogen and oxygen atoms in total. The average molecular weight is 340 g/mol. The lowest BCUT2D eigenvalue weighted by Crippen LogP contribution is -2.19. The topological polar surface area (TPSA) is 35.2 Å². The van der Waals surface area contributed by atoms with Crippen molar-refractivity contribution in [3.63, 3.8) is 0 Å². The minimum Gasteiger partial charge on any atom is -0.497 e. The molecule has 102 valence electrons. The van der Waals surface area contributed by atoms with E-state index in [1.54, 1.807) is 18.4 Å². The maximum atomic E-state index is 5.92. The fourth-order valence-electron chi connectivity index (χ4n) is 2.10. The summed E-state index contributed by atoms with van der Waals surface area (Å²) in [6, 6.07) is 10.3. The second-order valence-electron chi connectivity index (χ2n) is 4.55. The first-order valence-corrected chi connectivity index (χ1v) is 7.95. The minimum absolute atomic E-state index is 0.460. The number of halogens is 1. The zero-order chi connectivity index (χ0) is 13.7. The van der Waals surface area contributed by atoms with Crippen molar-refractivity contribution in [2.24, 2.45) is 11.7 Å². The van der Waals surface area contributed by atoms with Gasteiger partial charge in [0.1, 0.15) is 5.75 Å². The van der Waals surface area contributed by atoms with E-state index in [0.717, 1.165) is 18.6 Å². The second-order valence-corrected chi connectivity index (χ2v) is 6.41. The van der Waals surface area contributed by atoms with E-state index in [-0.39, 0.29) is 0 Å². The molecule has 0 radical (unpaired) electrons. The van der Waals surface area contributed by atoms with Crippen molar-refractivity contribution in [3.8, 4) is 5.75 Å². The van der Waals surface area contributed by atoms with Crippen LogP contribution in [0.4, 0.5) is 0 Å². The molecule has 1 heterocycles. The van der Waals surface area contributed by atoms with Gasteiger partial charge in [0.05, 0.1) is 7.11 Å². The second kappa shape index (κ2) is 7.08. The first-order chi connectivity index (χ1) is 9.22. The van der Waals surface area contributed by atoms with Crippen LogP contribution in [0.15, 0.2) is 40.2 Å². The Balaban J connectivity index is 2.04. The van der Waals surface area contributed by atoms with Crippen molar-refractivity contribution in [1.29, 1.82) is 0 Å². The number of ether oxygens (including phenoxy) is 1. The summed E-state index contributed by atoms with van der Waals surface area (Å²) in [5.41, 5.74) is 7.20. The van der Waals surface area contributed by atoms with Gasteiger partial charge in [-0.3, -0.25) is 0 Å². The Hall–Kier alpha value is -0.840. The fraction of sp³-hybridized carbons (Fsp3) is 0.333. The third kappa shape index (κ3) is 4.06. The molecule has 2 N–H and O–H groups in total. The molecule has 0 saturated heterocycles. The van der Waals surface area contributed by atoms with Crippen molar-refractivity contribution in [2.75, 3.05) is 13.7 Å². The number of benzene rings is 1. The minimum atomic E-state index is 0.460. The molecule has 1 unspecified atom stereocenters. The molecule has 4 heteroatoms. The standard InChI is InChI=1S/C15H18BrNOS/c1-18-13-4-2-3-11(8-13)7-12(10-17)9-15-14(16)5-6-19-15/h2-6,8,12H,7,9-10,17H2,1H3. The van der Waals surface area contributed by atoms with Crippen LogP contribution < -0.4 is 10.5 Å². The van der Waals surface area contributed by atoms with Crippen LogP contribution in [0.1, 0.15) is 10.4 Å². The summed E-state index contributed by atoms with van der Waals surface area (Å²) < 4.78 is 6.45. The number of hydrogen-bond acceptors (Lipinski definition) is 3. The molecule has 2 rings (SSSR count). The van der Waals surface area contributed by atoms with E-state index >= 15 is 0 Å². The largest absolute Gasteiger partial charge is 0.497 e. The fourth-order valence-corrected chi connectivity index (χ4v) is 3.73. The highest BCUT2D eigenvalue weighted by Crippen LogP contribution is 2.27. The summed E-state index contributed by atoms with van der Waals surface area (Å²) in [5.74, 6) is 1.37. The molecule has 0 fully saturated rings. The Morgan fingerprint density at radius 3 is 2.79 bits per heavy atom. The van der Waals surface area contributed by atoms with Crippen LogP contribution in [0.5, 0.6) is 5.75 Å². The number of nitrogens with two attached hydrogens (primary N) is 1. The van der Waals surface area contributed by atoms with Gasteiger partial charge in [-0.15, -0.1) is 11.3 Å². The highest BCUT2D eigenvalue weighted by Gasteiger charge is 2.12. The third-order valence-electron chi connectivity index (χ3n) is 3.16. The Morgan fingerprint density at radius 2 is 2.16 bits per heavy atom. The molecular formula is C15H18BrNOS. The maximum absolute atomic E-state index is 5.92. The van der Waals surface area contributed by atoms with Crippen LogP contribution in [-0.2, 0) is 12.8 Å². The third-order valence-corrected chi connectivity index (χ3v) is 5.11. The van der Waals surface area contributed by atoms with Crippen LogP contribution in [0.3, 0.4) is 0 Å². The van der Waals surface area contributed by atoms with E-state index in [9.17, 15) is 0 Å². The lowest BCUT2D eigenvalue weighted by molar-refractivity contribution is 0.413. The van der Waals surface area contributed by atoms with Gasteiger partial charge in [0, 0.05) is 9.35 Å². The quantitative estimate of drug-likeness (QED) is 0.866. The van der Waals surface area contributed by atoms with E-state index in [1.807, 2.05) is 12.1 Å². The van der Waals surface area contributed by atoms with Crippen molar-refractivity contribution in [2.45, 2.75) is 12.8 Å². The van der Waals surface area contributed by atoms with Crippen molar-refractivity contribution >= 4 is 27.3 Å². The Labute approximate surface area is 126 Å². The van der Waals surface area contributed by atoms with Crippen LogP contribution in [0, 0.1) is 5.92 Å². The Bertz CT molecular complexity index is 526. The van der Waals surface area contributed by atoms with Gasteiger partial charge in [0.2, 0.25) is 0 Å². The SMILES string of the molecule is COc1cccc(CC(CN)Cc2sccc2Br)c1. The molecule has 19 heavy (non-hydrogen) atoms. The molecule has 0 aliphatic carbocycles. The number of rotatable bonds is 6. The first-order valence-electron chi connectivity index (χ1n) is 6.27. The summed E-state index contributed by atoms with van der Waals surface area (Å²) >= 11 is 5.37. The smallest absolute Gasteiger partial charge is 0.119 e. The molecule has 2 aromatic rings. The zero-order valence-electron chi connectivity index (χ0n) is 10.9. The summed E-state index contributed by atoms with van der Waals surface area (Å²) in [6.07, 6.45) is 2.00. The molecule has 1 atom stereocenters. The molecule has 0 aliphatic rings. The van der Waals surface area contributed by atoms with E-state index in [0.29, 0.717) is 12.5 Å². The van der Waals surface area contributed by atoms with E-state index < -0.39 is 0 Å². The van der Waals surface area contributed by atoms with Gasteiger partial charge in [0.15, 0.2) is 0 Å². The van der Waals surface area contributed by atoms with Gasteiger partial charge < -0.3 is 10.5 Å². The zero-order valence-corrected chi connectivity index (χ0v) is 13.3. The molecule has 0 amide bonds. The van der Waals surface area contributed by atoms with Gasteiger partial charge >= 0.3 is 0 Å². The molecule has 1 aromatic heterocycles. The number of thiophene rings is 1. The Kier molecular flexibility index (Phi) is 5.43. The molecule has 0 saturated carbocycles. The first kappa shape index (κ1) is 14.6. The van der Waals surface area contributed by atoms with Crippen LogP contribution in [-0.4, -0.2) is 13.7 Å². The van der Waals surface area contributed by atoms with Crippen LogP contribution in [0.25, 0.3) is 0 Å². The van der Waals surface area contributed by atoms with E-state index in [1.165, 1.54) is 14.9 Å². The van der Waals surface area contributed by atoms with Crippen molar-refractivity contribution in [3.05, 3.63) is 50.6 Å². The van der Waals surface area contributed by atoms with Crippen molar-refractivity contribution < 1.29 is 4.74 Å². The highest BCUT2D eigenvalue weighted by atomic mass is 79.9. The molecule has 0 spiro atoms. The lowest BCUT2D eigenvalue weighted by atomic mass is 9.95. The highest BCUT2D eigenvalue weighted by molar-refractivity contribution is 9.10. The van der Waals surface area contributed by atoms with Gasteiger partial charge in [-0.05, 0) is 70.4 Å². The van der Waals surface area contributed by atoms with Gasteiger partial charge in [-0.2, -0.15) is 0 Å². The summed E-state index contributed by atoms with van der Waals surface area (Å²) in [6.45, 7) is 0.696. The summed E-state index contributed by atoms with van der Waals surface area (Å²) in [7, 11) is 1.70. The normalized spacial score (nSPS) is 12.4. The Morgan fingerprint density at radius 1 is 1.32 bits per heavy atom. The van der Waals surface area contributed by atoms with Gasteiger partial charge in [-0.25, -0.2) is 0 Å². The van der Waals surface area contributed by atoms with Crippen molar-refractivity contribution in [1.82, 2.24) is 0 Å². The number of methoxy groups -OCH3 is 1. The lowest BCUT2D eigenvalue weighted by Gasteiger charge is -2.14. The predicted molar refractivity (Wildman–Crippen MR) is 85.0 cm³/mol. The van der Waals surface area contributed by atoms with E-state index in [4.69, 9.17) is 10.5 Å². The molecule has 0 bridgehead atoms. The average Bonchev–Trinajstić information content (AvgIpc) is 2.83. The van der Waals surface area contributed by atoms with Crippen LogP contribution >= 0.6 is 27.3 Å². The summed E-state index contributed by atoms with van der Waals surface area (Å²) in [5, 5.41) is 2.11. The predicted octanol–water partition coefficient (Wildman–Crippen LogP) is 3.88. The van der Waals surface area contributed by atoms with Gasteiger partial charge in [-0.1, -0.05) is 12.1 Å². The maximum Gasteiger partial charge on any atom is 0.119 e. The summed E-state index contributed by atoms with van der Waals surface area (Å²) in [4.78, 5) is 1.37. The van der Waals surface area contributed by atoms with Crippen LogP contribution in [0.2, 0.25) is 0 Å².